The van der Waals surface area contributed by atoms with Crippen LogP contribution in [0, 0.1) is 6.92 Å². The van der Waals surface area contributed by atoms with Crippen LogP contribution in [0.1, 0.15) is 26.3 Å². The number of hydrogen-bond donors (Lipinski definition) is 2. The Bertz CT molecular complexity index is 1050. The molecular weight excluding hydrogens is 356 g/mol. The van der Waals surface area contributed by atoms with Crippen LogP contribution < -0.4 is 20.1 Å². The Morgan fingerprint density at radius 1 is 0.750 bits per heavy atom. The monoisotopic (exact) mass is 374 g/mol. The Balaban J connectivity index is 1.52. The van der Waals surface area contributed by atoms with E-state index in [1.165, 1.54) is 0 Å². The number of carbonyl (C=O) groups is 2. The molecule has 0 spiro atoms. The molecule has 1 aliphatic heterocycles. The average Bonchev–Trinajstić information content (AvgIpc) is 3.19. The highest BCUT2D eigenvalue weighted by molar-refractivity contribution is 6.07. The zero-order valence-corrected chi connectivity index (χ0v) is 15.2. The predicted molar refractivity (Wildman–Crippen MR) is 106 cm³/mol. The molecule has 3 aromatic rings. The second kappa shape index (κ2) is 7.44. The number of benzene rings is 3. The van der Waals surface area contributed by atoms with Crippen molar-refractivity contribution in [3.63, 3.8) is 0 Å². The number of nitrogens with one attached hydrogen (secondary N) is 2. The van der Waals surface area contributed by atoms with Crippen molar-refractivity contribution in [1.29, 1.82) is 0 Å². The van der Waals surface area contributed by atoms with Gasteiger partial charge >= 0.3 is 0 Å². The number of carbonyl (C=O) groups excluding carboxylic acids is 2. The summed E-state index contributed by atoms with van der Waals surface area (Å²) in [5.74, 6) is 0.697. The van der Waals surface area contributed by atoms with Crippen molar-refractivity contribution in [3.05, 3.63) is 83.4 Å². The van der Waals surface area contributed by atoms with Crippen LogP contribution in [0.4, 0.5) is 11.4 Å². The SMILES string of the molecule is Cc1c(NC(=O)c2ccccc2)cccc1NC(=O)c1ccc2c(c1)OCO2. The van der Waals surface area contributed by atoms with E-state index in [9.17, 15) is 9.59 Å². The van der Waals surface area contributed by atoms with Crippen LogP contribution in [-0.4, -0.2) is 18.6 Å². The third kappa shape index (κ3) is 3.53. The minimum absolute atomic E-state index is 0.155. The second-order valence-electron chi connectivity index (χ2n) is 6.32. The molecule has 0 unspecified atom stereocenters. The van der Waals surface area contributed by atoms with Crippen LogP contribution in [-0.2, 0) is 0 Å². The standard InChI is InChI=1S/C22H18N2O4/c1-14-17(23-21(25)15-6-3-2-4-7-15)8-5-9-18(14)24-22(26)16-10-11-19-20(12-16)28-13-27-19/h2-12H,13H2,1H3,(H,23,25)(H,24,26). The largest absolute Gasteiger partial charge is 0.454 e. The Kier molecular flexibility index (Phi) is 4.68. The second-order valence-corrected chi connectivity index (χ2v) is 6.32. The van der Waals surface area contributed by atoms with Gasteiger partial charge in [-0.05, 0) is 55.0 Å². The van der Waals surface area contributed by atoms with Crippen molar-refractivity contribution in [2.75, 3.05) is 17.4 Å². The third-order valence-electron chi connectivity index (χ3n) is 4.50. The fourth-order valence-electron chi connectivity index (χ4n) is 2.92. The quantitative estimate of drug-likeness (QED) is 0.717. The van der Waals surface area contributed by atoms with E-state index in [-0.39, 0.29) is 18.6 Å². The molecule has 6 heteroatoms. The lowest BCUT2D eigenvalue weighted by molar-refractivity contribution is 0.101. The maximum atomic E-state index is 12.6. The lowest BCUT2D eigenvalue weighted by atomic mass is 10.1. The normalized spacial score (nSPS) is 11.8. The summed E-state index contributed by atoms with van der Waals surface area (Å²) < 4.78 is 10.6. The molecule has 1 aliphatic rings. The van der Waals surface area contributed by atoms with Gasteiger partial charge in [-0.3, -0.25) is 9.59 Å². The Hall–Kier alpha value is -3.80. The van der Waals surface area contributed by atoms with Gasteiger partial charge in [0, 0.05) is 22.5 Å². The summed E-state index contributed by atoms with van der Waals surface area (Å²) in [4.78, 5) is 25.0. The molecule has 0 fully saturated rings. The maximum Gasteiger partial charge on any atom is 0.255 e. The van der Waals surface area contributed by atoms with Gasteiger partial charge in [0.1, 0.15) is 0 Å². The van der Waals surface area contributed by atoms with E-state index in [0.717, 1.165) is 5.56 Å². The molecule has 2 amide bonds. The lowest BCUT2D eigenvalue weighted by Crippen LogP contribution is -2.15. The molecule has 0 radical (unpaired) electrons. The summed E-state index contributed by atoms with van der Waals surface area (Å²) in [6.07, 6.45) is 0. The van der Waals surface area contributed by atoms with Crippen molar-refractivity contribution in [3.8, 4) is 11.5 Å². The number of rotatable bonds is 4. The Morgan fingerprint density at radius 3 is 2.11 bits per heavy atom. The van der Waals surface area contributed by atoms with Gasteiger partial charge in [-0.15, -0.1) is 0 Å². The smallest absolute Gasteiger partial charge is 0.255 e. The minimum Gasteiger partial charge on any atom is -0.454 e. The van der Waals surface area contributed by atoms with E-state index in [4.69, 9.17) is 9.47 Å². The molecule has 140 valence electrons. The van der Waals surface area contributed by atoms with Crippen LogP contribution in [0.15, 0.2) is 66.7 Å². The van der Waals surface area contributed by atoms with E-state index in [0.29, 0.717) is 34.0 Å². The van der Waals surface area contributed by atoms with Crippen molar-refractivity contribution in [2.24, 2.45) is 0 Å². The molecule has 4 rings (SSSR count). The molecule has 6 nitrogen and oxygen atoms in total. The molecular formula is C22H18N2O4. The van der Waals surface area contributed by atoms with Crippen LogP contribution in [0.2, 0.25) is 0 Å². The highest BCUT2D eigenvalue weighted by Gasteiger charge is 2.17. The molecule has 2 N–H and O–H groups in total. The molecule has 0 bridgehead atoms. The average molecular weight is 374 g/mol. The minimum atomic E-state index is -0.270. The number of ether oxygens (including phenoxy) is 2. The van der Waals surface area contributed by atoms with Crippen molar-refractivity contribution in [2.45, 2.75) is 6.92 Å². The number of anilines is 2. The van der Waals surface area contributed by atoms with E-state index < -0.39 is 0 Å². The molecule has 0 saturated carbocycles. The van der Waals surface area contributed by atoms with Crippen molar-refractivity contribution < 1.29 is 19.1 Å². The van der Waals surface area contributed by atoms with Gasteiger partial charge in [-0.25, -0.2) is 0 Å². The predicted octanol–water partition coefficient (Wildman–Crippen LogP) is 4.23. The van der Waals surface area contributed by atoms with Gasteiger partial charge in [0.25, 0.3) is 11.8 Å². The van der Waals surface area contributed by atoms with Crippen LogP contribution in [0.25, 0.3) is 0 Å². The molecule has 0 aromatic heterocycles. The van der Waals surface area contributed by atoms with Gasteiger partial charge < -0.3 is 20.1 Å². The molecule has 0 atom stereocenters. The van der Waals surface area contributed by atoms with Gasteiger partial charge in [0.2, 0.25) is 6.79 Å². The first-order valence-corrected chi connectivity index (χ1v) is 8.79. The molecule has 3 aromatic carbocycles. The van der Waals surface area contributed by atoms with Crippen molar-refractivity contribution in [1.82, 2.24) is 0 Å². The van der Waals surface area contributed by atoms with Gasteiger partial charge in [0.05, 0.1) is 0 Å². The van der Waals surface area contributed by atoms with Crippen LogP contribution in [0.5, 0.6) is 11.5 Å². The van der Waals surface area contributed by atoms with Crippen molar-refractivity contribution >= 4 is 23.2 Å². The summed E-state index contributed by atoms with van der Waals surface area (Å²) >= 11 is 0. The highest BCUT2D eigenvalue weighted by Crippen LogP contribution is 2.33. The van der Waals surface area contributed by atoms with E-state index in [1.54, 1.807) is 48.5 Å². The fraction of sp³-hybridized carbons (Fsp3) is 0.0909. The lowest BCUT2D eigenvalue weighted by Gasteiger charge is -2.14. The van der Waals surface area contributed by atoms with Crippen LogP contribution in [0.3, 0.4) is 0 Å². The van der Waals surface area contributed by atoms with Gasteiger partial charge in [0.15, 0.2) is 11.5 Å². The fourth-order valence-corrected chi connectivity index (χ4v) is 2.92. The topological polar surface area (TPSA) is 76.7 Å². The zero-order valence-electron chi connectivity index (χ0n) is 15.2. The Labute approximate surface area is 162 Å². The summed E-state index contributed by atoms with van der Waals surface area (Å²) in [5.41, 5.74) is 3.05. The van der Waals surface area contributed by atoms with E-state index in [2.05, 4.69) is 10.6 Å². The number of fused-ring (bicyclic) bond motifs is 1. The number of amides is 2. The van der Waals surface area contributed by atoms with Gasteiger partial charge in [-0.2, -0.15) is 0 Å². The molecule has 0 saturated heterocycles. The summed E-state index contributed by atoms with van der Waals surface area (Å²) in [6.45, 7) is 2.00. The molecule has 1 heterocycles. The molecule has 28 heavy (non-hydrogen) atoms. The van der Waals surface area contributed by atoms with E-state index in [1.807, 2.05) is 25.1 Å². The summed E-state index contributed by atoms with van der Waals surface area (Å²) in [5, 5.41) is 5.77. The first-order chi connectivity index (χ1) is 13.6. The highest BCUT2D eigenvalue weighted by atomic mass is 16.7. The number of hydrogen-bond acceptors (Lipinski definition) is 4. The zero-order chi connectivity index (χ0) is 19.5. The third-order valence-corrected chi connectivity index (χ3v) is 4.50. The maximum absolute atomic E-state index is 12.6. The van der Waals surface area contributed by atoms with Crippen LogP contribution >= 0.6 is 0 Å². The summed E-state index contributed by atoms with van der Waals surface area (Å²) in [6, 6.07) is 19.4. The Morgan fingerprint density at radius 2 is 1.39 bits per heavy atom. The molecule has 0 aliphatic carbocycles. The first kappa shape index (κ1) is 17.6. The van der Waals surface area contributed by atoms with E-state index >= 15 is 0 Å². The van der Waals surface area contributed by atoms with Gasteiger partial charge in [-0.1, -0.05) is 24.3 Å². The first-order valence-electron chi connectivity index (χ1n) is 8.79. The summed E-state index contributed by atoms with van der Waals surface area (Å²) in [7, 11) is 0.